The largest absolute Gasteiger partial charge is 0.449 e. The summed E-state index contributed by atoms with van der Waals surface area (Å²) in [6.45, 7) is 3.58. The summed E-state index contributed by atoms with van der Waals surface area (Å²) in [7, 11) is 0. The van der Waals surface area contributed by atoms with Gasteiger partial charge in [-0.1, -0.05) is 58.0 Å². The van der Waals surface area contributed by atoms with E-state index in [1.165, 1.54) is 0 Å². The average molecular weight is 361 g/mol. The standard InChI is InChI=1S/C12H10Cl5NO/c1-11(2)12(17,10(15)16)19-9(18-11)6-3-7(13)5-8(14)4-6/h3-5,10H,1-2H3. The lowest BCUT2D eigenvalue weighted by Crippen LogP contribution is -2.47. The maximum Gasteiger partial charge on any atom is 0.238 e. The molecule has 7 heteroatoms. The predicted molar refractivity (Wildman–Crippen MR) is 82.2 cm³/mol. The number of hydrogen-bond donors (Lipinski definition) is 0. The molecule has 0 bridgehead atoms. The molecule has 2 nitrogen and oxygen atoms in total. The van der Waals surface area contributed by atoms with Gasteiger partial charge in [-0.25, -0.2) is 4.99 Å². The van der Waals surface area contributed by atoms with Crippen LogP contribution in [-0.4, -0.2) is 21.3 Å². The molecule has 0 N–H and O–H groups in total. The first-order chi connectivity index (χ1) is 8.65. The average Bonchev–Trinajstić information content (AvgIpc) is 2.50. The summed E-state index contributed by atoms with van der Waals surface area (Å²) in [5.74, 6) is 0.315. The molecule has 1 aliphatic heterocycles. The summed E-state index contributed by atoms with van der Waals surface area (Å²) < 4.78 is 5.66. The first kappa shape index (κ1) is 15.5. The zero-order valence-electron chi connectivity index (χ0n) is 10.1. The van der Waals surface area contributed by atoms with Crippen LogP contribution in [0.1, 0.15) is 19.4 Å². The van der Waals surface area contributed by atoms with E-state index in [1.807, 2.05) is 0 Å². The van der Waals surface area contributed by atoms with Gasteiger partial charge in [0.15, 0.2) is 4.84 Å². The van der Waals surface area contributed by atoms with Crippen molar-refractivity contribution >= 4 is 63.9 Å². The Morgan fingerprint density at radius 2 is 1.63 bits per heavy atom. The topological polar surface area (TPSA) is 21.6 Å². The summed E-state index contributed by atoms with van der Waals surface area (Å²) >= 11 is 30.1. The molecule has 1 aromatic rings. The third kappa shape index (κ3) is 2.79. The van der Waals surface area contributed by atoms with Crippen LogP contribution in [0.15, 0.2) is 23.2 Å². The SMILES string of the molecule is CC1(C)N=C(c2cc(Cl)cc(Cl)c2)OC1(Cl)C(Cl)Cl. The Balaban J connectivity index is 2.44. The molecule has 1 aromatic carbocycles. The van der Waals surface area contributed by atoms with Crippen molar-refractivity contribution in [2.75, 3.05) is 0 Å². The van der Waals surface area contributed by atoms with Crippen molar-refractivity contribution in [1.29, 1.82) is 0 Å². The van der Waals surface area contributed by atoms with Crippen molar-refractivity contribution in [3.63, 3.8) is 0 Å². The number of benzene rings is 1. The summed E-state index contributed by atoms with van der Waals surface area (Å²) in [5.41, 5.74) is -0.158. The molecule has 0 saturated heterocycles. The van der Waals surface area contributed by atoms with Gasteiger partial charge in [-0.15, -0.1) is 0 Å². The molecule has 0 fully saturated rings. The molecule has 0 amide bonds. The number of alkyl halides is 3. The maximum atomic E-state index is 6.35. The molecule has 19 heavy (non-hydrogen) atoms. The number of hydrogen-bond acceptors (Lipinski definition) is 2. The molecule has 1 heterocycles. The fourth-order valence-corrected chi connectivity index (χ4v) is 3.00. The third-order valence-electron chi connectivity index (χ3n) is 2.85. The van der Waals surface area contributed by atoms with Crippen LogP contribution in [0, 0.1) is 0 Å². The molecular weight excluding hydrogens is 351 g/mol. The van der Waals surface area contributed by atoms with Gasteiger partial charge in [0.25, 0.3) is 0 Å². The van der Waals surface area contributed by atoms with Crippen molar-refractivity contribution in [3.05, 3.63) is 33.8 Å². The summed E-state index contributed by atoms with van der Waals surface area (Å²) in [5, 5.41) is -0.376. The maximum absolute atomic E-state index is 6.35. The van der Waals surface area contributed by atoms with Crippen LogP contribution in [0.2, 0.25) is 10.0 Å². The van der Waals surface area contributed by atoms with Crippen molar-refractivity contribution in [1.82, 2.24) is 0 Å². The molecule has 1 atom stereocenters. The zero-order chi connectivity index (χ0) is 14.4. The fraction of sp³-hybridized carbons (Fsp3) is 0.417. The van der Waals surface area contributed by atoms with E-state index in [4.69, 9.17) is 62.7 Å². The van der Waals surface area contributed by atoms with Crippen LogP contribution in [0.4, 0.5) is 0 Å². The normalized spacial score (nSPS) is 25.4. The highest BCUT2D eigenvalue weighted by Gasteiger charge is 2.56. The lowest BCUT2D eigenvalue weighted by Gasteiger charge is -2.33. The highest BCUT2D eigenvalue weighted by molar-refractivity contribution is 6.50. The highest BCUT2D eigenvalue weighted by Crippen LogP contribution is 2.46. The zero-order valence-corrected chi connectivity index (χ0v) is 13.8. The van der Waals surface area contributed by atoms with E-state index in [-0.39, 0.29) is 0 Å². The van der Waals surface area contributed by atoms with E-state index in [0.29, 0.717) is 21.5 Å². The smallest absolute Gasteiger partial charge is 0.238 e. The fourth-order valence-electron chi connectivity index (χ4n) is 1.73. The van der Waals surface area contributed by atoms with Crippen molar-refractivity contribution in [2.45, 2.75) is 29.3 Å². The number of rotatable bonds is 2. The number of nitrogens with zero attached hydrogens (tertiary/aromatic N) is 1. The lowest BCUT2D eigenvalue weighted by atomic mass is 10.00. The highest BCUT2D eigenvalue weighted by atomic mass is 35.5. The van der Waals surface area contributed by atoms with E-state index in [0.717, 1.165) is 0 Å². The Labute approximate surface area is 136 Å². The van der Waals surface area contributed by atoms with Gasteiger partial charge >= 0.3 is 0 Å². The molecule has 0 aromatic heterocycles. The minimum Gasteiger partial charge on any atom is -0.449 e. The van der Waals surface area contributed by atoms with Gasteiger partial charge in [-0.05, 0) is 32.0 Å². The van der Waals surface area contributed by atoms with Gasteiger partial charge in [0.05, 0.1) is 0 Å². The Hall–Kier alpha value is 0.140. The van der Waals surface area contributed by atoms with E-state index < -0.39 is 15.4 Å². The monoisotopic (exact) mass is 359 g/mol. The first-order valence-corrected chi connectivity index (χ1v) is 7.39. The van der Waals surface area contributed by atoms with Crippen LogP contribution >= 0.6 is 58.0 Å². The molecule has 1 aliphatic rings. The lowest BCUT2D eigenvalue weighted by molar-refractivity contribution is 0.123. The van der Waals surface area contributed by atoms with Crippen LogP contribution < -0.4 is 0 Å². The van der Waals surface area contributed by atoms with E-state index in [9.17, 15) is 0 Å². The summed E-state index contributed by atoms with van der Waals surface area (Å²) in [6, 6.07) is 4.98. The van der Waals surface area contributed by atoms with Crippen LogP contribution in [-0.2, 0) is 4.74 Å². The molecule has 0 spiro atoms. The number of halogens is 5. The summed E-state index contributed by atoms with van der Waals surface area (Å²) in [6.07, 6.45) is 0. The van der Waals surface area contributed by atoms with E-state index >= 15 is 0 Å². The van der Waals surface area contributed by atoms with Gasteiger partial charge in [-0.2, -0.15) is 0 Å². The Morgan fingerprint density at radius 1 is 1.11 bits per heavy atom. The quantitative estimate of drug-likeness (QED) is 0.656. The molecule has 1 unspecified atom stereocenters. The van der Waals surface area contributed by atoms with E-state index in [1.54, 1.807) is 32.0 Å². The first-order valence-electron chi connectivity index (χ1n) is 5.38. The molecule has 0 saturated carbocycles. The number of aliphatic imine (C=N–C) groups is 1. The Kier molecular flexibility index (Phi) is 4.22. The Bertz CT molecular complexity index is 523. The van der Waals surface area contributed by atoms with Crippen LogP contribution in [0.5, 0.6) is 0 Å². The third-order valence-corrected chi connectivity index (χ3v) is 4.88. The van der Waals surface area contributed by atoms with Gasteiger partial charge in [0, 0.05) is 15.6 Å². The molecule has 0 radical (unpaired) electrons. The molecule has 0 aliphatic carbocycles. The minimum absolute atomic E-state index is 0.315. The molecule has 2 rings (SSSR count). The van der Waals surface area contributed by atoms with Gasteiger partial charge in [-0.3, -0.25) is 0 Å². The second kappa shape index (κ2) is 5.16. The predicted octanol–water partition coefficient (Wildman–Crippen LogP) is 5.29. The van der Waals surface area contributed by atoms with Gasteiger partial charge in [0.1, 0.15) is 5.54 Å². The summed E-state index contributed by atoms with van der Waals surface area (Å²) in [4.78, 5) is 3.48. The molecule has 104 valence electrons. The molecular formula is C12H10Cl5NO. The van der Waals surface area contributed by atoms with Gasteiger partial charge in [0.2, 0.25) is 11.0 Å². The number of ether oxygens (including phenoxy) is 1. The van der Waals surface area contributed by atoms with E-state index in [2.05, 4.69) is 4.99 Å². The van der Waals surface area contributed by atoms with Crippen molar-refractivity contribution in [2.24, 2.45) is 4.99 Å². The van der Waals surface area contributed by atoms with Crippen molar-refractivity contribution in [3.8, 4) is 0 Å². The van der Waals surface area contributed by atoms with Gasteiger partial charge < -0.3 is 4.74 Å². The second-order valence-electron chi connectivity index (χ2n) is 4.68. The Morgan fingerprint density at radius 3 is 2.05 bits per heavy atom. The van der Waals surface area contributed by atoms with Crippen LogP contribution in [0.3, 0.4) is 0 Å². The van der Waals surface area contributed by atoms with Crippen LogP contribution in [0.25, 0.3) is 0 Å². The second-order valence-corrected chi connectivity index (χ2v) is 7.21. The minimum atomic E-state index is -1.33. The van der Waals surface area contributed by atoms with Crippen molar-refractivity contribution < 1.29 is 4.74 Å².